The molecule has 4 rings (SSSR count). The molecule has 1 aliphatic rings. The minimum Gasteiger partial charge on any atom is -0.494 e. The lowest BCUT2D eigenvalue weighted by Gasteiger charge is -2.38. The van der Waals surface area contributed by atoms with Crippen molar-refractivity contribution in [2.75, 3.05) is 16.8 Å². The van der Waals surface area contributed by atoms with Crippen molar-refractivity contribution in [3.63, 3.8) is 0 Å². The first-order valence-electron chi connectivity index (χ1n) is 9.35. The van der Waals surface area contributed by atoms with Crippen LogP contribution in [0.3, 0.4) is 0 Å². The van der Waals surface area contributed by atoms with Crippen molar-refractivity contribution in [2.45, 2.75) is 19.5 Å². The predicted octanol–water partition coefficient (Wildman–Crippen LogP) is 5.90. The lowest BCUT2D eigenvalue weighted by atomic mass is 10.0. The van der Waals surface area contributed by atoms with Gasteiger partial charge in [-0.2, -0.15) is 0 Å². The number of anilines is 2. The summed E-state index contributed by atoms with van der Waals surface area (Å²) in [6.07, 6.45) is 0.619. The van der Waals surface area contributed by atoms with Gasteiger partial charge in [0.05, 0.1) is 12.2 Å². The highest BCUT2D eigenvalue weighted by Crippen LogP contribution is 2.37. The summed E-state index contributed by atoms with van der Waals surface area (Å²) in [5.74, 6) is 0.753. The van der Waals surface area contributed by atoms with Gasteiger partial charge in [0.15, 0.2) is 0 Å². The van der Waals surface area contributed by atoms with Gasteiger partial charge in [0.2, 0.25) is 0 Å². The second kappa shape index (κ2) is 7.95. The van der Waals surface area contributed by atoms with Crippen molar-refractivity contribution in [3.8, 4) is 5.75 Å². The maximum Gasteiger partial charge on any atom is 0.262 e. The number of hydrogen-bond acceptors (Lipinski definition) is 3. The molecule has 5 heteroatoms. The lowest BCUT2D eigenvalue weighted by molar-refractivity contribution is 0.0975. The van der Waals surface area contributed by atoms with Crippen LogP contribution in [0.25, 0.3) is 0 Å². The molecule has 0 aliphatic carbocycles. The molecular weight excluding hydrogens is 372 g/mol. The number of carbonyl (C=O) groups is 1. The van der Waals surface area contributed by atoms with E-state index in [-0.39, 0.29) is 12.1 Å². The number of benzene rings is 3. The van der Waals surface area contributed by atoms with E-state index >= 15 is 0 Å². The molecule has 0 unspecified atom stereocenters. The minimum atomic E-state index is -0.331. The summed E-state index contributed by atoms with van der Waals surface area (Å²) in [4.78, 5) is 15.1. The molecule has 0 saturated carbocycles. The first-order valence-corrected chi connectivity index (χ1v) is 9.72. The van der Waals surface area contributed by atoms with E-state index in [1.807, 2.05) is 72.8 Å². The fraction of sp³-hybridized carbons (Fsp3) is 0.174. The number of para-hydroxylation sites is 1. The van der Waals surface area contributed by atoms with Crippen molar-refractivity contribution in [1.82, 2.24) is 0 Å². The van der Waals surface area contributed by atoms with Gasteiger partial charge in [-0.05, 0) is 60.5 Å². The molecule has 0 saturated heterocycles. The standard InChI is InChI=1S/C23H21ClN2O2/c1-2-15-28-19-13-11-18(12-14-19)26-22(16-7-9-17(24)10-8-16)25-21-6-4-3-5-20(21)23(26)27/h3-14,22,25H,2,15H2,1H3/t22-/m1/s1. The van der Waals surface area contributed by atoms with Gasteiger partial charge in [-0.3, -0.25) is 9.69 Å². The fourth-order valence-corrected chi connectivity index (χ4v) is 3.45. The largest absolute Gasteiger partial charge is 0.494 e. The van der Waals surface area contributed by atoms with Gasteiger partial charge in [0.25, 0.3) is 5.91 Å². The van der Waals surface area contributed by atoms with Crippen LogP contribution in [0.15, 0.2) is 72.8 Å². The Morgan fingerprint density at radius 1 is 1.00 bits per heavy atom. The fourth-order valence-electron chi connectivity index (χ4n) is 3.32. The van der Waals surface area contributed by atoms with E-state index in [1.54, 1.807) is 4.90 Å². The molecule has 0 fully saturated rings. The second-order valence-corrected chi connectivity index (χ2v) is 7.10. The number of nitrogens with zero attached hydrogens (tertiary/aromatic N) is 1. The molecule has 1 N–H and O–H groups in total. The van der Waals surface area contributed by atoms with Crippen LogP contribution in [0.4, 0.5) is 11.4 Å². The zero-order valence-corrected chi connectivity index (χ0v) is 16.3. The van der Waals surface area contributed by atoms with E-state index in [2.05, 4.69) is 12.2 Å². The Kier molecular flexibility index (Phi) is 5.22. The van der Waals surface area contributed by atoms with Gasteiger partial charge in [-0.25, -0.2) is 0 Å². The number of carbonyl (C=O) groups excluding carboxylic acids is 1. The number of amides is 1. The molecule has 3 aromatic carbocycles. The van der Waals surface area contributed by atoms with Crippen molar-refractivity contribution in [2.24, 2.45) is 0 Å². The zero-order valence-electron chi connectivity index (χ0n) is 15.6. The Balaban J connectivity index is 1.74. The van der Waals surface area contributed by atoms with E-state index < -0.39 is 0 Å². The predicted molar refractivity (Wildman–Crippen MR) is 113 cm³/mol. The van der Waals surface area contributed by atoms with Crippen LogP contribution in [-0.2, 0) is 0 Å². The average Bonchev–Trinajstić information content (AvgIpc) is 2.73. The molecule has 1 heterocycles. The van der Waals surface area contributed by atoms with Gasteiger partial charge in [-0.1, -0.05) is 42.8 Å². The molecule has 3 aromatic rings. The van der Waals surface area contributed by atoms with Crippen molar-refractivity contribution < 1.29 is 9.53 Å². The Bertz CT molecular complexity index is 971. The molecule has 0 bridgehead atoms. The van der Waals surface area contributed by atoms with Crippen LogP contribution < -0.4 is 15.0 Å². The highest BCUT2D eigenvalue weighted by molar-refractivity contribution is 6.30. The normalized spacial score (nSPS) is 15.7. The summed E-state index contributed by atoms with van der Waals surface area (Å²) in [5.41, 5.74) is 3.24. The topological polar surface area (TPSA) is 41.6 Å². The molecule has 1 aliphatic heterocycles. The highest BCUT2D eigenvalue weighted by Gasteiger charge is 2.33. The maximum absolute atomic E-state index is 13.4. The smallest absolute Gasteiger partial charge is 0.262 e. The number of rotatable bonds is 5. The molecular formula is C23H21ClN2O2. The van der Waals surface area contributed by atoms with E-state index in [0.29, 0.717) is 17.2 Å². The van der Waals surface area contributed by atoms with Crippen molar-refractivity contribution in [3.05, 3.63) is 88.9 Å². The maximum atomic E-state index is 13.4. The van der Waals surface area contributed by atoms with Gasteiger partial charge in [0.1, 0.15) is 11.9 Å². The van der Waals surface area contributed by atoms with Crippen LogP contribution >= 0.6 is 11.6 Å². The average molecular weight is 393 g/mol. The molecule has 1 amide bonds. The van der Waals surface area contributed by atoms with Gasteiger partial charge in [-0.15, -0.1) is 0 Å². The second-order valence-electron chi connectivity index (χ2n) is 6.66. The van der Waals surface area contributed by atoms with Crippen LogP contribution in [-0.4, -0.2) is 12.5 Å². The number of halogens is 1. The van der Waals surface area contributed by atoms with E-state index in [1.165, 1.54) is 0 Å². The molecule has 1 atom stereocenters. The Morgan fingerprint density at radius 3 is 2.43 bits per heavy atom. The summed E-state index contributed by atoms with van der Waals surface area (Å²) in [7, 11) is 0. The molecule has 0 radical (unpaired) electrons. The van der Waals surface area contributed by atoms with Crippen LogP contribution in [0.2, 0.25) is 5.02 Å². The van der Waals surface area contributed by atoms with Crippen LogP contribution in [0.1, 0.15) is 35.4 Å². The summed E-state index contributed by atoms with van der Waals surface area (Å²) < 4.78 is 5.67. The summed E-state index contributed by atoms with van der Waals surface area (Å²) in [6.45, 7) is 2.74. The van der Waals surface area contributed by atoms with Crippen LogP contribution in [0, 0.1) is 0 Å². The first-order chi connectivity index (χ1) is 13.7. The quantitative estimate of drug-likeness (QED) is 0.587. The first kappa shape index (κ1) is 18.4. The van der Waals surface area contributed by atoms with Crippen molar-refractivity contribution >= 4 is 28.9 Å². The van der Waals surface area contributed by atoms with E-state index in [9.17, 15) is 4.79 Å². The Hall–Kier alpha value is -2.98. The molecule has 142 valence electrons. The number of ether oxygens (including phenoxy) is 1. The van der Waals surface area contributed by atoms with E-state index in [0.717, 1.165) is 29.1 Å². The van der Waals surface area contributed by atoms with Crippen LogP contribution in [0.5, 0.6) is 5.75 Å². The number of hydrogen-bond donors (Lipinski definition) is 1. The van der Waals surface area contributed by atoms with Crippen molar-refractivity contribution in [1.29, 1.82) is 0 Å². The lowest BCUT2D eigenvalue weighted by Crippen LogP contribution is -2.43. The molecule has 0 aromatic heterocycles. The Morgan fingerprint density at radius 2 is 1.71 bits per heavy atom. The van der Waals surface area contributed by atoms with Gasteiger partial charge < -0.3 is 10.1 Å². The van der Waals surface area contributed by atoms with Gasteiger partial charge in [0, 0.05) is 16.4 Å². The third kappa shape index (κ3) is 3.56. The SMILES string of the molecule is CCCOc1ccc(N2C(=O)c3ccccc3N[C@H]2c2ccc(Cl)cc2)cc1. The minimum absolute atomic E-state index is 0.0449. The third-order valence-corrected chi connectivity index (χ3v) is 4.95. The molecule has 0 spiro atoms. The Labute approximate surface area is 169 Å². The summed E-state index contributed by atoms with van der Waals surface area (Å²) in [6, 6.07) is 22.8. The summed E-state index contributed by atoms with van der Waals surface area (Å²) in [5, 5.41) is 4.15. The highest BCUT2D eigenvalue weighted by atomic mass is 35.5. The van der Waals surface area contributed by atoms with Gasteiger partial charge >= 0.3 is 0 Å². The van der Waals surface area contributed by atoms with E-state index in [4.69, 9.17) is 16.3 Å². The monoisotopic (exact) mass is 392 g/mol. The zero-order chi connectivity index (χ0) is 19.5. The number of nitrogens with one attached hydrogen (secondary N) is 1. The summed E-state index contributed by atoms with van der Waals surface area (Å²) >= 11 is 6.06. The number of fused-ring (bicyclic) bond motifs is 1. The molecule has 28 heavy (non-hydrogen) atoms. The molecule has 4 nitrogen and oxygen atoms in total. The third-order valence-electron chi connectivity index (χ3n) is 4.70.